The second kappa shape index (κ2) is 8.59. The Morgan fingerprint density at radius 3 is 2.24 bits per heavy atom. The Balaban J connectivity index is 2.09. The molecule has 1 heterocycles. The molecule has 0 saturated carbocycles. The van der Waals surface area contributed by atoms with Gasteiger partial charge in [0.1, 0.15) is 4.88 Å². The van der Waals surface area contributed by atoms with Crippen molar-refractivity contribution in [3.8, 4) is 21.6 Å². The molecule has 1 N–H and O–H groups in total. The minimum absolute atomic E-state index is 0.230. The molecular weight excluding hydrogens is 410 g/mol. The number of carbonyl (C=O) groups excluding carboxylic acids is 2. The van der Waals surface area contributed by atoms with Gasteiger partial charge in [0, 0.05) is 22.4 Å². The fourth-order valence-electron chi connectivity index (χ4n) is 2.79. The Hall–Kier alpha value is -2.97. The van der Waals surface area contributed by atoms with E-state index in [2.05, 4.69) is 5.32 Å². The molecule has 0 aliphatic heterocycles. The van der Waals surface area contributed by atoms with Crippen LogP contribution in [0.25, 0.3) is 21.6 Å². The highest BCUT2D eigenvalue weighted by atomic mass is 32.2. The summed E-state index contributed by atoms with van der Waals surface area (Å²) in [5.41, 5.74) is 3.11. The average Bonchev–Trinajstić information content (AvgIpc) is 3.14. The summed E-state index contributed by atoms with van der Waals surface area (Å²) in [6.07, 6.45) is 1.76. The van der Waals surface area contributed by atoms with Crippen LogP contribution in [0.2, 0.25) is 0 Å². The standard InChI is InChI=1S/C21H19NO5S2/c1-3-27-21(24)19-12-18(14-6-10-17(11-7-14)29(2,25)26)20(28-19)15-4-8-16(9-5-15)22-13-23/h4-13H,3H2,1-2H3,(H,22,23). The molecule has 0 radical (unpaired) electrons. The minimum atomic E-state index is -3.30. The smallest absolute Gasteiger partial charge is 0.348 e. The van der Waals surface area contributed by atoms with E-state index < -0.39 is 15.8 Å². The molecule has 0 aliphatic carbocycles. The fraction of sp³-hybridized carbons (Fsp3) is 0.143. The van der Waals surface area contributed by atoms with Crippen LogP contribution in [0.4, 0.5) is 5.69 Å². The zero-order valence-electron chi connectivity index (χ0n) is 15.8. The van der Waals surface area contributed by atoms with E-state index in [0.717, 1.165) is 27.8 Å². The maximum atomic E-state index is 12.3. The molecule has 0 aliphatic rings. The van der Waals surface area contributed by atoms with E-state index >= 15 is 0 Å². The third-order valence-corrected chi connectivity index (χ3v) is 6.47. The molecule has 0 atom stereocenters. The van der Waals surface area contributed by atoms with Crippen LogP contribution in [0.3, 0.4) is 0 Å². The number of rotatable bonds is 7. The number of amides is 1. The van der Waals surface area contributed by atoms with Gasteiger partial charge in [-0.25, -0.2) is 13.2 Å². The highest BCUT2D eigenvalue weighted by Crippen LogP contribution is 2.40. The predicted octanol–water partition coefficient (Wildman–Crippen LogP) is 4.23. The van der Waals surface area contributed by atoms with Crippen LogP contribution >= 0.6 is 11.3 Å². The van der Waals surface area contributed by atoms with Gasteiger partial charge in [0.2, 0.25) is 6.41 Å². The van der Waals surface area contributed by atoms with Crippen molar-refractivity contribution in [2.45, 2.75) is 11.8 Å². The number of nitrogens with one attached hydrogen (secondary N) is 1. The van der Waals surface area contributed by atoms with Gasteiger partial charge in [0.15, 0.2) is 9.84 Å². The van der Waals surface area contributed by atoms with Gasteiger partial charge in [-0.1, -0.05) is 24.3 Å². The summed E-state index contributed by atoms with van der Waals surface area (Å²) in [4.78, 5) is 24.4. The number of carbonyl (C=O) groups is 2. The molecule has 0 fully saturated rings. The second-order valence-corrected chi connectivity index (χ2v) is 9.28. The number of sulfone groups is 1. The number of ether oxygens (including phenoxy) is 1. The van der Waals surface area contributed by atoms with E-state index in [-0.39, 0.29) is 11.5 Å². The van der Waals surface area contributed by atoms with Crippen LogP contribution in [0.1, 0.15) is 16.6 Å². The molecule has 0 unspecified atom stereocenters. The first-order valence-corrected chi connectivity index (χ1v) is 11.5. The van der Waals surface area contributed by atoms with Crippen molar-refractivity contribution < 1.29 is 22.7 Å². The Morgan fingerprint density at radius 1 is 1.07 bits per heavy atom. The van der Waals surface area contributed by atoms with Gasteiger partial charge >= 0.3 is 5.97 Å². The lowest BCUT2D eigenvalue weighted by molar-refractivity contribution is -0.105. The lowest BCUT2D eigenvalue weighted by Crippen LogP contribution is -2.01. The van der Waals surface area contributed by atoms with Crippen LogP contribution < -0.4 is 5.32 Å². The van der Waals surface area contributed by atoms with Gasteiger partial charge in [-0.15, -0.1) is 11.3 Å². The Labute approximate surface area is 173 Å². The number of benzene rings is 2. The van der Waals surface area contributed by atoms with Gasteiger partial charge in [0.25, 0.3) is 0 Å². The van der Waals surface area contributed by atoms with Crippen molar-refractivity contribution in [1.82, 2.24) is 0 Å². The van der Waals surface area contributed by atoms with E-state index in [1.165, 1.54) is 11.3 Å². The molecule has 3 aromatic rings. The van der Waals surface area contributed by atoms with E-state index in [4.69, 9.17) is 4.74 Å². The summed E-state index contributed by atoms with van der Waals surface area (Å²) in [6, 6.07) is 15.5. The average molecular weight is 430 g/mol. The molecule has 29 heavy (non-hydrogen) atoms. The summed E-state index contributed by atoms with van der Waals surface area (Å²) in [5, 5.41) is 2.58. The van der Waals surface area contributed by atoms with Gasteiger partial charge in [-0.3, -0.25) is 4.79 Å². The van der Waals surface area contributed by atoms with E-state index in [9.17, 15) is 18.0 Å². The van der Waals surface area contributed by atoms with Crippen molar-refractivity contribution >= 4 is 39.2 Å². The Kier molecular flexibility index (Phi) is 6.14. The van der Waals surface area contributed by atoms with Crippen molar-refractivity contribution in [1.29, 1.82) is 0 Å². The Bertz CT molecular complexity index is 1130. The zero-order chi connectivity index (χ0) is 21.0. The number of esters is 1. The lowest BCUT2D eigenvalue weighted by Gasteiger charge is -2.07. The number of thiophene rings is 1. The summed E-state index contributed by atoms with van der Waals surface area (Å²) >= 11 is 1.30. The number of hydrogen-bond donors (Lipinski definition) is 1. The highest BCUT2D eigenvalue weighted by molar-refractivity contribution is 7.90. The first-order chi connectivity index (χ1) is 13.8. The summed E-state index contributed by atoms with van der Waals surface area (Å²) in [7, 11) is -3.30. The molecule has 1 amide bonds. The third-order valence-electron chi connectivity index (χ3n) is 4.17. The summed E-state index contributed by atoms with van der Waals surface area (Å²) in [6.45, 7) is 2.02. The first kappa shape index (κ1) is 20.8. The van der Waals surface area contributed by atoms with Crippen molar-refractivity contribution in [2.75, 3.05) is 18.2 Å². The van der Waals surface area contributed by atoms with E-state index in [1.54, 1.807) is 49.4 Å². The molecular formula is C21H19NO5S2. The summed E-state index contributed by atoms with van der Waals surface area (Å²) < 4.78 is 28.6. The molecule has 2 aromatic carbocycles. The largest absolute Gasteiger partial charge is 0.462 e. The zero-order valence-corrected chi connectivity index (χ0v) is 17.5. The molecule has 3 rings (SSSR count). The quantitative estimate of drug-likeness (QED) is 0.448. The lowest BCUT2D eigenvalue weighted by atomic mass is 10.0. The molecule has 0 bridgehead atoms. The maximum Gasteiger partial charge on any atom is 0.348 e. The van der Waals surface area contributed by atoms with Crippen LogP contribution in [0, 0.1) is 0 Å². The maximum absolute atomic E-state index is 12.3. The highest BCUT2D eigenvalue weighted by Gasteiger charge is 2.18. The molecule has 8 heteroatoms. The fourth-order valence-corrected chi connectivity index (χ4v) is 4.50. The monoisotopic (exact) mass is 429 g/mol. The van der Waals surface area contributed by atoms with Gasteiger partial charge in [0.05, 0.1) is 11.5 Å². The SMILES string of the molecule is CCOC(=O)c1cc(-c2ccc(S(C)(=O)=O)cc2)c(-c2ccc(NC=O)cc2)s1. The molecule has 0 spiro atoms. The van der Waals surface area contributed by atoms with Crippen LogP contribution in [0.5, 0.6) is 0 Å². The van der Waals surface area contributed by atoms with E-state index in [0.29, 0.717) is 17.0 Å². The van der Waals surface area contributed by atoms with Gasteiger partial charge in [-0.2, -0.15) is 0 Å². The first-order valence-electron chi connectivity index (χ1n) is 8.75. The molecule has 6 nitrogen and oxygen atoms in total. The van der Waals surface area contributed by atoms with Crippen LogP contribution in [-0.2, 0) is 19.4 Å². The van der Waals surface area contributed by atoms with Gasteiger partial charge in [-0.05, 0) is 48.4 Å². The van der Waals surface area contributed by atoms with Crippen molar-refractivity contribution in [3.05, 3.63) is 59.5 Å². The number of anilines is 1. The molecule has 0 saturated heterocycles. The minimum Gasteiger partial charge on any atom is -0.462 e. The third kappa shape index (κ3) is 4.72. The summed E-state index contributed by atoms with van der Waals surface area (Å²) in [5.74, 6) is -0.406. The van der Waals surface area contributed by atoms with Gasteiger partial charge < -0.3 is 10.1 Å². The second-order valence-electron chi connectivity index (χ2n) is 6.21. The van der Waals surface area contributed by atoms with E-state index in [1.807, 2.05) is 12.1 Å². The van der Waals surface area contributed by atoms with Crippen LogP contribution in [0.15, 0.2) is 59.5 Å². The molecule has 150 valence electrons. The van der Waals surface area contributed by atoms with Crippen molar-refractivity contribution in [2.24, 2.45) is 0 Å². The topological polar surface area (TPSA) is 89.5 Å². The molecule has 1 aromatic heterocycles. The predicted molar refractivity (Wildman–Crippen MR) is 114 cm³/mol. The number of hydrogen-bond acceptors (Lipinski definition) is 6. The van der Waals surface area contributed by atoms with Crippen molar-refractivity contribution in [3.63, 3.8) is 0 Å². The Morgan fingerprint density at radius 2 is 1.69 bits per heavy atom. The van der Waals surface area contributed by atoms with Crippen LogP contribution in [-0.4, -0.2) is 33.7 Å². The normalized spacial score (nSPS) is 11.1.